The summed E-state index contributed by atoms with van der Waals surface area (Å²) in [5, 5.41) is 12.3. The van der Waals surface area contributed by atoms with E-state index in [0.717, 1.165) is 24.1 Å². The van der Waals surface area contributed by atoms with Crippen LogP contribution in [0.5, 0.6) is 0 Å². The highest BCUT2D eigenvalue weighted by molar-refractivity contribution is 6.03. The van der Waals surface area contributed by atoms with Gasteiger partial charge >= 0.3 is 0 Å². The molecule has 1 aliphatic rings. The zero-order valence-electron chi connectivity index (χ0n) is 13.6. The molecular weight excluding hydrogens is 268 g/mol. The molecule has 3 rings (SSSR count). The second-order valence-electron chi connectivity index (χ2n) is 6.48. The predicted molar refractivity (Wildman–Crippen MR) is 92.7 cm³/mol. The second kappa shape index (κ2) is 5.69. The predicted octanol–water partition coefficient (Wildman–Crippen LogP) is 4.06. The minimum Gasteiger partial charge on any atom is -0.310 e. The quantitative estimate of drug-likeness (QED) is 0.879. The molecule has 0 fully saturated rings. The SMILES string of the molecule is CNC(C)(c1ccccc1)C1CCc2ccc(C)cc2C1=N. The molecule has 0 saturated heterocycles. The molecule has 0 aromatic heterocycles. The number of hydrogen-bond acceptors (Lipinski definition) is 2. The zero-order valence-corrected chi connectivity index (χ0v) is 13.6. The van der Waals surface area contributed by atoms with Gasteiger partial charge in [0.25, 0.3) is 0 Å². The first kappa shape index (κ1) is 15.0. The van der Waals surface area contributed by atoms with Gasteiger partial charge in [-0.15, -0.1) is 0 Å². The lowest BCUT2D eigenvalue weighted by Gasteiger charge is -2.41. The van der Waals surface area contributed by atoms with E-state index in [1.165, 1.54) is 16.7 Å². The fraction of sp³-hybridized carbons (Fsp3) is 0.350. The van der Waals surface area contributed by atoms with E-state index in [2.05, 4.69) is 61.6 Å². The smallest absolute Gasteiger partial charge is 0.0488 e. The highest BCUT2D eigenvalue weighted by atomic mass is 14.9. The van der Waals surface area contributed by atoms with E-state index in [1.54, 1.807) is 0 Å². The van der Waals surface area contributed by atoms with Gasteiger partial charge in [-0.05, 0) is 56.5 Å². The number of rotatable bonds is 3. The lowest BCUT2D eigenvalue weighted by Crippen LogP contribution is -2.48. The van der Waals surface area contributed by atoms with Gasteiger partial charge in [-0.1, -0.05) is 48.0 Å². The topological polar surface area (TPSA) is 35.9 Å². The van der Waals surface area contributed by atoms with E-state index in [9.17, 15) is 0 Å². The molecule has 0 radical (unpaired) electrons. The van der Waals surface area contributed by atoms with Crippen LogP contribution < -0.4 is 5.32 Å². The number of aryl methyl sites for hydroxylation is 2. The maximum absolute atomic E-state index is 8.79. The molecule has 2 N–H and O–H groups in total. The molecule has 1 aliphatic carbocycles. The summed E-state index contributed by atoms with van der Waals surface area (Å²) < 4.78 is 0. The minimum atomic E-state index is -0.209. The molecule has 2 heteroatoms. The first-order valence-electron chi connectivity index (χ1n) is 7.99. The van der Waals surface area contributed by atoms with Crippen molar-refractivity contribution in [3.8, 4) is 0 Å². The highest BCUT2D eigenvalue weighted by Crippen LogP contribution is 2.38. The third-order valence-corrected chi connectivity index (χ3v) is 5.20. The molecule has 114 valence electrons. The minimum absolute atomic E-state index is 0.189. The van der Waals surface area contributed by atoms with Crippen LogP contribution in [-0.4, -0.2) is 12.8 Å². The molecule has 2 nitrogen and oxygen atoms in total. The van der Waals surface area contributed by atoms with Gasteiger partial charge in [0.15, 0.2) is 0 Å². The molecular formula is C20H24N2. The molecule has 0 amide bonds. The van der Waals surface area contributed by atoms with Crippen molar-refractivity contribution in [3.63, 3.8) is 0 Å². The van der Waals surface area contributed by atoms with Gasteiger partial charge < -0.3 is 10.7 Å². The summed E-state index contributed by atoms with van der Waals surface area (Å²) in [7, 11) is 2.01. The van der Waals surface area contributed by atoms with Gasteiger partial charge in [-0.2, -0.15) is 0 Å². The monoisotopic (exact) mass is 292 g/mol. The fourth-order valence-corrected chi connectivity index (χ4v) is 3.67. The Morgan fingerprint density at radius 3 is 2.55 bits per heavy atom. The molecule has 2 aromatic rings. The Morgan fingerprint density at radius 2 is 1.86 bits per heavy atom. The average molecular weight is 292 g/mol. The summed E-state index contributed by atoms with van der Waals surface area (Å²) >= 11 is 0. The molecule has 0 bridgehead atoms. The molecule has 2 unspecified atom stereocenters. The van der Waals surface area contributed by atoms with E-state index >= 15 is 0 Å². The van der Waals surface area contributed by atoms with E-state index in [1.807, 2.05) is 13.1 Å². The number of hydrogen-bond donors (Lipinski definition) is 2. The molecule has 2 atom stereocenters. The Morgan fingerprint density at radius 1 is 1.14 bits per heavy atom. The van der Waals surface area contributed by atoms with E-state index in [0.29, 0.717) is 0 Å². The first-order valence-corrected chi connectivity index (χ1v) is 7.99. The van der Waals surface area contributed by atoms with Crippen LogP contribution in [0.25, 0.3) is 0 Å². The lowest BCUT2D eigenvalue weighted by molar-refractivity contribution is 0.295. The summed E-state index contributed by atoms with van der Waals surface area (Å²) in [6.07, 6.45) is 2.06. The summed E-state index contributed by atoms with van der Waals surface area (Å²) in [4.78, 5) is 0. The van der Waals surface area contributed by atoms with Crippen LogP contribution in [0.15, 0.2) is 48.5 Å². The first-order chi connectivity index (χ1) is 10.6. The Labute approximate surface area is 133 Å². The van der Waals surface area contributed by atoms with E-state index < -0.39 is 0 Å². The van der Waals surface area contributed by atoms with Gasteiger partial charge in [-0.25, -0.2) is 0 Å². The zero-order chi connectivity index (χ0) is 15.7. The summed E-state index contributed by atoms with van der Waals surface area (Å²) in [6.45, 7) is 4.33. The molecule has 0 spiro atoms. The molecule has 0 aliphatic heterocycles. The van der Waals surface area contributed by atoms with E-state index in [-0.39, 0.29) is 11.5 Å². The van der Waals surface area contributed by atoms with Crippen LogP contribution in [0.1, 0.15) is 35.6 Å². The molecule has 0 heterocycles. The maximum Gasteiger partial charge on any atom is 0.0488 e. The summed E-state index contributed by atoms with van der Waals surface area (Å²) in [5.41, 5.74) is 5.50. The van der Waals surface area contributed by atoms with Gasteiger partial charge in [0, 0.05) is 17.2 Å². The number of benzene rings is 2. The van der Waals surface area contributed by atoms with Gasteiger partial charge in [0.2, 0.25) is 0 Å². The van der Waals surface area contributed by atoms with Gasteiger partial charge in [-0.3, -0.25) is 0 Å². The van der Waals surface area contributed by atoms with Crippen molar-refractivity contribution in [2.45, 2.75) is 32.2 Å². The Bertz CT molecular complexity index is 690. The van der Waals surface area contributed by atoms with Crippen molar-refractivity contribution in [2.24, 2.45) is 5.92 Å². The van der Waals surface area contributed by atoms with Crippen molar-refractivity contribution in [2.75, 3.05) is 7.05 Å². The van der Waals surface area contributed by atoms with Crippen LogP contribution in [0.4, 0.5) is 0 Å². The number of fused-ring (bicyclic) bond motifs is 1. The largest absolute Gasteiger partial charge is 0.310 e. The van der Waals surface area contributed by atoms with Crippen LogP contribution in [0.2, 0.25) is 0 Å². The summed E-state index contributed by atoms with van der Waals surface area (Å²) in [6, 6.07) is 17.0. The van der Waals surface area contributed by atoms with Crippen LogP contribution in [0, 0.1) is 18.3 Å². The molecule has 2 aromatic carbocycles. The van der Waals surface area contributed by atoms with E-state index in [4.69, 9.17) is 5.41 Å². The maximum atomic E-state index is 8.79. The van der Waals surface area contributed by atoms with Crippen molar-refractivity contribution in [3.05, 3.63) is 70.8 Å². The second-order valence-corrected chi connectivity index (χ2v) is 6.48. The van der Waals surface area contributed by atoms with Crippen molar-refractivity contribution in [1.29, 1.82) is 5.41 Å². The van der Waals surface area contributed by atoms with Crippen molar-refractivity contribution in [1.82, 2.24) is 5.32 Å². The third kappa shape index (κ3) is 2.38. The standard InChI is InChI=1S/C20H24N2/c1-14-9-10-15-11-12-18(19(21)17(15)13-14)20(2,22-3)16-7-5-4-6-8-16/h4-10,13,18,21-22H,11-12H2,1-3H3. The lowest BCUT2D eigenvalue weighted by atomic mass is 9.69. The fourth-order valence-electron chi connectivity index (χ4n) is 3.67. The van der Waals surface area contributed by atoms with Gasteiger partial charge in [0.1, 0.15) is 0 Å². The van der Waals surface area contributed by atoms with Crippen LogP contribution in [-0.2, 0) is 12.0 Å². The van der Waals surface area contributed by atoms with Crippen LogP contribution >= 0.6 is 0 Å². The Balaban J connectivity index is 2.03. The molecule has 22 heavy (non-hydrogen) atoms. The molecule has 0 saturated carbocycles. The van der Waals surface area contributed by atoms with Gasteiger partial charge in [0.05, 0.1) is 0 Å². The third-order valence-electron chi connectivity index (χ3n) is 5.20. The number of nitrogens with one attached hydrogen (secondary N) is 2. The average Bonchev–Trinajstić information content (AvgIpc) is 2.56. The highest BCUT2D eigenvalue weighted by Gasteiger charge is 2.39. The summed E-state index contributed by atoms with van der Waals surface area (Å²) in [5.74, 6) is 0.189. The van der Waals surface area contributed by atoms with Crippen LogP contribution in [0.3, 0.4) is 0 Å². The Hall–Kier alpha value is -1.93. The Kier molecular flexibility index (Phi) is 3.88. The normalized spacial score (nSPS) is 20.3. The van der Waals surface area contributed by atoms with Crippen molar-refractivity contribution >= 4 is 5.71 Å². The van der Waals surface area contributed by atoms with Crippen molar-refractivity contribution < 1.29 is 0 Å².